The van der Waals surface area contributed by atoms with Crippen molar-refractivity contribution in [3.63, 3.8) is 0 Å². The van der Waals surface area contributed by atoms with Crippen molar-refractivity contribution in [2.75, 3.05) is 18.5 Å². The van der Waals surface area contributed by atoms with E-state index in [0.717, 1.165) is 22.3 Å². The number of rotatable bonds is 7. The van der Waals surface area contributed by atoms with Gasteiger partial charge in [0.15, 0.2) is 0 Å². The summed E-state index contributed by atoms with van der Waals surface area (Å²) >= 11 is 0. The predicted octanol–water partition coefficient (Wildman–Crippen LogP) is 4.81. The highest BCUT2D eigenvalue weighted by Gasteiger charge is 2.29. The Morgan fingerprint density at radius 1 is 0.971 bits per heavy atom. The molecule has 174 valence electrons. The molecule has 1 atom stereocenters. The van der Waals surface area contributed by atoms with E-state index < -0.39 is 18.0 Å². The van der Waals surface area contributed by atoms with Gasteiger partial charge < -0.3 is 20.5 Å². The molecule has 0 spiro atoms. The minimum absolute atomic E-state index is 0.0318. The Hall–Kier alpha value is -4.13. The minimum atomic E-state index is -1.03. The molecule has 3 N–H and O–H groups in total. The number of nitrogens with one attached hydrogen (secondary N) is 2. The number of fused-ring (bicyclic) bond motifs is 3. The number of ether oxygens (including phenoxy) is 1. The molecule has 0 bridgehead atoms. The maximum Gasteiger partial charge on any atom is 0.407 e. The lowest BCUT2D eigenvalue weighted by molar-refractivity contribution is -0.119. The van der Waals surface area contributed by atoms with Crippen molar-refractivity contribution in [3.05, 3.63) is 89.0 Å². The molecule has 0 saturated carbocycles. The van der Waals surface area contributed by atoms with Gasteiger partial charge in [-0.2, -0.15) is 0 Å². The van der Waals surface area contributed by atoms with Gasteiger partial charge in [0, 0.05) is 18.2 Å². The van der Waals surface area contributed by atoms with E-state index >= 15 is 0 Å². The lowest BCUT2D eigenvalue weighted by atomic mass is 9.98. The second-order valence-corrected chi connectivity index (χ2v) is 8.43. The third kappa shape index (κ3) is 4.78. The Kier molecular flexibility index (Phi) is 6.63. The Labute approximate surface area is 197 Å². The smallest absolute Gasteiger partial charge is 0.407 e. The van der Waals surface area contributed by atoms with Crippen LogP contribution in [0.1, 0.15) is 39.9 Å². The van der Waals surface area contributed by atoms with E-state index in [-0.39, 0.29) is 30.5 Å². The third-order valence-corrected chi connectivity index (χ3v) is 6.08. The molecule has 2 amide bonds. The Morgan fingerprint density at radius 2 is 1.59 bits per heavy atom. The summed E-state index contributed by atoms with van der Waals surface area (Å²) in [6.45, 7) is 3.73. The van der Waals surface area contributed by atoms with Crippen LogP contribution in [0.25, 0.3) is 11.1 Å². The highest BCUT2D eigenvalue weighted by molar-refractivity contribution is 5.95. The van der Waals surface area contributed by atoms with Crippen molar-refractivity contribution < 1.29 is 24.2 Å². The quantitative estimate of drug-likeness (QED) is 0.471. The van der Waals surface area contributed by atoms with E-state index in [2.05, 4.69) is 34.9 Å². The van der Waals surface area contributed by atoms with Gasteiger partial charge in [0.25, 0.3) is 0 Å². The molecule has 0 saturated heterocycles. The molecule has 3 aromatic carbocycles. The highest BCUT2D eigenvalue weighted by Crippen LogP contribution is 2.44. The summed E-state index contributed by atoms with van der Waals surface area (Å²) in [5.74, 6) is -1.86. The molecule has 0 radical (unpaired) electrons. The van der Waals surface area contributed by atoms with Gasteiger partial charge in [-0.25, -0.2) is 9.59 Å². The van der Waals surface area contributed by atoms with Crippen LogP contribution in [-0.2, 0) is 9.53 Å². The average Bonchev–Trinajstić information content (AvgIpc) is 3.16. The lowest BCUT2D eigenvalue weighted by Gasteiger charge is -2.17. The molecule has 34 heavy (non-hydrogen) atoms. The van der Waals surface area contributed by atoms with Crippen LogP contribution < -0.4 is 10.6 Å². The maximum atomic E-state index is 12.5. The molecule has 0 aliphatic heterocycles. The van der Waals surface area contributed by atoms with Crippen LogP contribution in [0.5, 0.6) is 0 Å². The van der Waals surface area contributed by atoms with Gasteiger partial charge in [0.1, 0.15) is 6.61 Å². The molecule has 0 fully saturated rings. The van der Waals surface area contributed by atoms with E-state index in [1.807, 2.05) is 24.3 Å². The second-order valence-electron chi connectivity index (χ2n) is 8.43. The van der Waals surface area contributed by atoms with Crippen molar-refractivity contribution in [1.82, 2.24) is 5.32 Å². The molecule has 0 heterocycles. The highest BCUT2D eigenvalue weighted by atomic mass is 16.5. The summed E-state index contributed by atoms with van der Waals surface area (Å²) in [5.41, 5.74) is 5.91. The average molecular weight is 459 g/mol. The van der Waals surface area contributed by atoms with E-state index in [1.54, 1.807) is 19.9 Å². The Bertz CT molecular complexity index is 1210. The number of carbonyl (C=O) groups is 3. The monoisotopic (exact) mass is 458 g/mol. The Morgan fingerprint density at radius 3 is 2.18 bits per heavy atom. The number of carbonyl (C=O) groups excluding carboxylic acids is 2. The molecule has 0 aromatic heterocycles. The summed E-state index contributed by atoms with van der Waals surface area (Å²) in [7, 11) is 0. The van der Waals surface area contributed by atoms with E-state index in [4.69, 9.17) is 9.84 Å². The molecular weight excluding hydrogens is 432 g/mol. The number of hydrogen-bond acceptors (Lipinski definition) is 4. The first kappa shape index (κ1) is 23.0. The van der Waals surface area contributed by atoms with Gasteiger partial charge in [-0.3, -0.25) is 4.79 Å². The number of carboxylic acid groups (broad SMARTS) is 1. The van der Waals surface area contributed by atoms with Crippen LogP contribution in [0.4, 0.5) is 10.5 Å². The first-order valence-electron chi connectivity index (χ1n) is 11.1. The zero-order chi connectivity index (χ0) is 24.2. The molecule has 7 heteroatoms. The van der Waals surface area contributed by atoms with Crippen LogP contribution >= 0.6 is 0 Å². The largest absolute Gasteiger partial charge is 0.478 e. The second kappa shape index (κ2) is 9.79. The number of benzene rings is 3. The van der Waals surface area contributed by atoms with Crippen LogP contribution in [0.3, 0.4) is 0 Å². The van der Waals surface area contributed by atoms with E-state index in [0.29, 0.717) is 11.3 Å². The fourth-order valence-electron chi connectivity index (χ4n) is 4.17. The minimum Gasteiger partial charge on any atom is -0.478 e. The van der Waals surface area contributed by atoms with Crippen LogP contribution in [0.2, 0.25) is 0 Å². The first-order valence-corrected chi connectivity index (χ1v) is 11.1. The van der Waals surface area contributed by atoms with Crippen molar-refractivity contribution in [2.24, 2.45) is 5.92 Å². The molecule has 3 aromatic rings. The summed E-state index contributed by atoms with van der Waals surface area (Å²) in [5, 5.41) is 14.5. The number of hydrogen-bond donors (Lipinski definition) is 3. The van der Waals surface area contributed by atoms with E-state index in [1.165, 1.54) is 12.1 Å². The van der Waals surface area contributed by atoms with Gasteiger partial charge >= 0.3 is 12.1 Å². The SMILES string of the molecule is Cc1cc(C(=O)O)ccc1NC(=O)C(C)CNC(=O)OCC1c2ccccc2-c2ccccc21. The molecule has 1 aliphatic carbocycles. The number of carboxylic acids is 1. The molecule has 1 unspecified atom stereocenters. The lowest BCUT2D eigenvalue weighted by Crippen LogP contribution is -2.35. The molecule has 7 nitrogen and oxygen atoms in total. The number of aromatic carboxylic acids is 1. The van der Waals surface area contributed by atoms with Gasteiger partial charge in [-0.15, -0.1) is 0 Å². The summed E-state index contributed by atoms with van der Waals surface area (Å²) in [4.78, 5) is 35.9. The Balaban J connectivity index is 1.30. The van der Waals surface area contributed by atoms with Gasteiger partial charge in [-0.1, -0.05) is 55.5 Å². The van der Waals surface area contributed by atoms with Gasteiger partial charge in [-0.05, 0) is 52.9 Å². The summed E-state index contributed by atoms with van der Waals surface area (Å²) in [6, 6.07) is 20.7. The van der Waals surface area contributed by atoms with Crippen molar-refractivity contribution >= 4 is 23.7 Å². The zero-order valence-electron chi connectivity index (χ0n) is 19.0. The van der Waals surface area contributed by atoms with Crippen molar-refractivity contribution in [1.29, 1.82) is 0 Å². The number of alkyl carbamates (subject to hydrolysis) is 1. The molecule has 1 aliphatic rings. The van der Waals surface area contributed by atoms with Crippen LogP contribution in [0, 0.1) is 12.8 Å². The van der Waals surface area contributed by atoms with Crippen LogP contribution in [0.15, 0.2) is 66.7 Å². The van der Waals surface area contributed by atoms with Crippen molar-refractivity contribution in [2.45, 2.75) is 19.8 Å². The fraction of sp³-hybridized carbons (Fsp3) is 0.222. The van der Waals surface area contributed by atoms with Crippen molar-refractivity contribution in [3.8, 4) is 11.1 Å². The normalized spacial score (nSPS) is 12.9. The number of amides is 2. The number of anilines is 1. The summed E-state index contributed by atoms with van der Waals surface area (Å²) < 4.78 is 5.51. The number of aryl methyl sites for hydroxylation is 1. The van der Waals surface area contributed by atoms with Gasteiger partial charge in [0.05, 0.1) is 11.5 Å². The standard InChI is InChI=1S/C27H26N2O5/c1-16-13-18(26(31)32)11-12-24(16)29-25(30)17(2)14-28-27(33)34-15-23-21-9-5-3-7-19(21)20-8-4-6-10-22(20)23/h3-13,17,23H,14-15H2,1-2H3,(H,28,33)(H,29,30)(H,31,32). The summed E-state index contributed by atoms with van der Waals surface area (Å²) in [6.07, 6.45) is -0.580. The topological polar surface area (TPSA) is 105 Å². The third-order valence-electron chi connectivity index (χ3n) is 6.08. The molecule has 4 rings (SSSR count). The van der Waals surface area contributed by atoms with Gasteiger partial charge in [0.2, 0.25) is 5.91 Å². The maximum absolute atomic E-state index is 12.5. The fourth-order valence-corrected chi connectivity index (χ4v) is 4.17. The predicted molar refractivity (Wildman–Crippen MR) is 129 cm³/mol. The van der Waals surface area contributed by atoms with Crippen LogP contribution in [-0.4, -0.2) is 36.2 Å². The molecular formula is C27H26N2O5. The first-order chi connectivity index (χ1) is 16.3. The van der Waals surface area contributed by atoms with E-state index in [9.17, 15) is 14.4 Å². The zero-order valence-corrected chi connectivity index (χ0v) is 19.0.